The van der Waals surface area contributed by atoms with Gasteiger partial charge in [0.05, 0.1) is 13.2 Å². The van der Waals surface area contributed by atoms with Crippen LogP contribution in [0.1, 0.15) is 38.7 Å². The van der Waals surface area contributed by atoms with Crippen molar-refractivity contribution in [2.75, 3.05) is 20.3 Å². The highest BCUT2D eigenvalue weighted by molar-refractivity contribution is 5.43. The van der Waals surface area contributed by atoms with Crippen molar-refractivity contribution in [3.8, 4) is 11.5 Å². The molecule has 1 saturated heterocycles. The van der Waals surface area contributed by atoms with E-state index in [9.17, 15) is 0 Å². The van der Waals surface area contributed by atoms with Gasteiger partial charge in [-0.1, -0.05) is 19.9 Å². The van der Waals surface area contributed by atoms with Crippen LogP contribution in [0.15, 0.2) is 18.2 Å². The largest absolute Gasteiger partial charge is 0.493 e. The Hall–Kier alpha value is -1.26. The van der Waals surface area contributed by atoms with Crippen LogP contribution in [-0.4, -0.2) is 32.5 Å². The van der Waals surface area contributed by atoms with Crippen LogP contribution in [0.2, 0.25) is 0 Å². The fourth-order valence-corrected chi connectivity index (χ4v) is 2.39. The summed E-state index contributed by atoms with van der Waals surface area (Å²) in [5.74, 6) is 1.58. The van der Waals surface area contributed by atoms with Crippen LogP contribution >= 0.6 is 0 Å². The Bertz CT molecular complexity index is 428. The van der Waals surface area contributed by atoms with Crippen molar-refractivity contribution in [3.05, 3.63) is 23.8 Å². The molecule has 0 radical (unpaired) electrons. The predicted molar refractivity (Wildman–Crippen MR) is 84.1 cm³/mol. The summed E-state index contributed by atoms with van der Waals surface area (Å²) in [6.45, 7) is 6.56. The summed E-state index contributed by atoms with van der Waals surface area (Å²) in [4.78, 5) is 0. The molecule has 0 saturated carbocycles. The molecule has 0 aliphatic carbocycles. The van der Waals surface area contributed by atoms with Gasteiger partial charge in [-0.2, -0.15) is 0 Å². The summed E-state index contributed by atoms with van der Waals surface area (Å²) in [6, 6.07) is 6.55. The van der Waals surface area contributed by atoms with Crippen LogP contribution in [0.5, 0.6) is 11.5 Å². The average molecular weight is 293 g/mol. The van der Waals surface area contributed by atoms with Gasteiger partial charge in [-0.3, -0.25) is 0 Å². The first-order chi connectivity index (χ1) is 10.2. The molecule has 1 aromatic carbocycles. The van der Waals surface area contributed by atoms with E-state index in [2.05, 4.69) is 31.3 Å². The number of benzene rings is 1. The van der Waals surface area contributed by atoms with Crippen LogP contribution in [0.25, 0.3) is 0 Å². The highest BCUT2D eigenvalue weighted by Gasteiger charge is 2.15. The highest BCUT2D eigenvalue weighted by Crippen LogP contribution is 2.29. The van der Waals surface area contributed by atoms with E-state index >= 15 is 0 Å². The van der Waals surface area contributed by atoms with Crippen LogP contribution in [0.4, 0.5) is 0 Å². The van der Waals surface area contributed by atoms with Gasteiger partial charge < -0.3 is 19.5 Å². The van der Waals surface area contributed by atoms with Gasteiger partial charge in [-0.25, -0.2) is 0 Å². The molecule has 1 unspecified atom stereocenters. The van der Waals surface area contributed by atoms with Crippen molar-refractivity contribution in [3.63, 3.8) is 0 Å². The van der Waals surface area contributed by atoms with Crippen molar-refractivity contribution in [1.29, 1.82) is 0 Å². The van der Waals surface area contributed by atoms with Gasteiger partial charge in [0.25, 0.3) is 0 Å². The molecule has 1 atom stereocenters. The Morgan fingerprint density at radius 1 is 1.29 bits per heavy atom. The standard InChI is InChI=1S/C17H27NO3/c1-13(2)18-11-14-7-8-16(19-3)17(10-14)21-12-15-6-4-5-9-20-15/h7-8,10,13,15,18H,4-6,9,11-12H2,1-3H3. The third kappa shape index (κ3) is 5.21. The highest BCUT2D eigenvalue weighted by atomic mass is 16.5. The molecule has 1 N–H and O–H groups in total. The van der Waals surface area contributed by atoms with Crippen LogP contribution < -0.4 is 14.8 Å². The molecule has 0 spiro atoms. The summed E-state index contributed by atoms with van der Waals surface area (Å²) in [7, 11) is 1.67. The maximum absolute atomic E-state index is 5.94. The summed E-state index contributed by atoms with van der Waals surface area (Å²) < 4.78 is 17.0. The number of ether oxygens (including phenoxy) is 3. The first kappa shape index (κ1) is 16.1. The van der Waals surface area contributed by atoms with Gasteiger partial charge in [0.1, 0.15) is 6.61 Å². The lowest BCUT2D eigenvalue weighted by Gasteiger charge is -2.23. The van der Waals surface area contributed by atoms with Crippen molar-refractivity contribution < 1.29 is 14.2 Å². The molecule has 1 fully saturated rings. The summed E-state index contributed by atoms with van der Waals surface area (Å²) in [5.41, 5.74) is 1.20. The minimum absolute atomic E-state index is 0.209. The van der Waals surface area contributed by atoms with E-state index in [0.29, 0.717) is 12.6 Å². The van der Waals surface area contributed by atoms with Gasteiger partial charge in [0, 0.05) is 19.2 Å². The Kier molecular flexibility index (Phi) is 6.33. The molecule has 2 rings (SSSR count). The molecule has 1 aromatic rings. The van der Waals surface area contributed by atoms with Crippen molar-refractivity contribution >= 4 is 0 Å². The maximum atomic E-state index is 5.94. The van der Waals surface area contributed by atoms with Gasteiger partial charge in [0.15, 0.2) is 11.5 Å². The van der Waals surface area contributed by atoms with E-state index in [0.717, 1.165) is 37.5 Å². The lowest BCUT2D eigenvalue weighted by Crippen LogP contribution is -2.26. The maximum Gasteiger partial charge on any atom is 0.161 e. The van der Waals surface area contributed by atoms with Gasteiger partial charge in [-0.05, 0) is 37.0 Å². The molecular formula is C17H27NO3. The second kappa shape index (κ2) is 8.25. The molecule has 118 valence electrons. The van der Waals surface area contributed by atoms with Crippen molar-refractivity contribution in [2.45, 2.75) is 51.8 Å². The molecule has 0 bridgehead atoms. The molecule has 1 aliphatic heterocycles. The lowest BCUT2D eigenvalue weighted by atomic mass is 10.1. The van der Waals surface area contributed by atoms with Crippen LogP contribution in [0.3, 0.4) is 0 Å². The van der Waals surface area contributed by atoms with Crippen molar-refractivity contribution in [2.24, 2.45) is 0 Å². The van der Waals surface area contributed by atoms with Gasteiger partial charge in [0.2, 0.25) is 0 Å². The third-order valence-electron chi connectivity index (χ3n) is 3.64. The smallest absolute Gasteiger partial charge is 0.161 e. The van der Waals surface area contributed by atoms with Crippen LogP contribution in [-0.2, 0) is 11.3 Å². The van der Waals surface area contributed by atoms with E-state index in [1.807, 2.05) is 6.07 Å². The quantitative estimate of drug-likeness (QED) is 0.838. The number of hydrogen-bond donors (Lipinski definition) is 1. The summed E-state index contributed by atoms with van der Waals surface area (Å²) >= 11 is 0. The Labute approximate surface area is 127 Å². The Morgan fingerprint density at radius 2 is 2.14 bits per heavy atom. The van der Waals surface area contributed by atoms with E-state index in [1.165, 1.54) is 12.0 Å². The van der Waals surface area contributed by atoms with E-state index in [-0.39, 0.29) is 6.10 Å². The fourth-order valence-electron chi connectivity index (χ4n) is 2.39. The molecule has 0 aromatic heterocycles. The molecule has 4 heteroatoms. The minimum Gasteiger partial charge on any atom is -0.493 e. The molecule has 4 nitrogen and oxygen atoms in total. The second-order valence-corrected chi connectivity index (χ2v) is 5.82. The molecule has 21 heavy (non-hydrogen) atoms. The number of hydrogen-bond acceptors (Lipinski definition) is 4. The van der Waals surface area contributed by atoms with Crippen LogP contribution in [0, 0.1) is 0 Å². The third-order valence-corrected chi connectivity index (χ3v) is 3.64. The topological polar surface area (TPSA) is 39.7 Å². The zero-order chi connectivity index (χ0) is 15.1. The average Bonchev–Trinajstić information content (AvgIpc) is 2.52. The first-order valence-electron chi connectivity index (χ1n) is 7.83. The number of rotatable bonds is 7. The monoisotopic (exact) mass is 293 g/mol. The normalized spacial score (nSPS) is 18.8. The predicted octanol–water partition coefficient (Wildman–Crippen LogP) is 3.14. The van der Waals surface area contributed by atoms with E-state index in [4.69, 9.17) is 14.2 Å². The summed E-state index contributed by atoms with van der Waals surface area (Å²) in [6.07, 6.45) is 3.68. The first-order valence-corrected chi connectivity index (χ1v) is 7.83. The SMILES string of the molecule is COc1ccc(CNC(C)C)cc1OCC1CCCCO1. The number of nitrogens with one attached hydrogen (secondary N) is 1. The zero-order valence-corrected chi connectivity index (χ0v) is 13.4. The molecule has 1 aliphatic rings. The Morgan fingerprint density at radius 3 is 2.81 bits per heavy atom. The fraction of sp³-hybridized carbons (Fsp3) is 0.647. The van der Waals surface area contributed by atoms with E-state index < -0.39 is 0 Å². The van der Waals surface area contributed by atoms with E-state index in [1.54, 1.807) is 7.11 Å². The zero-order valence-electron chi connectivity index (χ0n) is 13.4. The Balaban J connectivity index is 1.96. The summed E-state index contributed by atoms with van der Waals surface area (Å²) in [5, 5.41) is 3.41. The minimum atomic E-state index is 0.209. The second-order valence-electron chi connectivity index (χ2n) is 5.82. The molecule has 0 amide bonds. The molecular weight excluding hydrogens is 266 g/mol. The van der Waals surface area contributed by atoms with Crippen molar-refractivity contribution in [1.82, 2.24) is 5.32 Å². The lowest BCUT2D eigenvalue weighted by molar-refractivity contribution is -0.0115. The van der Waals surface area contributed by atoms with Gasteiger partial charge >= 0.3 is 0 Å². The molecule has 1 heterocycles. The number of methoxy groups -OCH3 is 1. The van der Waals surface area contributed by atoms with Gasteiger partial charge in [-0.15, -0.1) is 0 Å².